The van der Waals surface area contributed by atoms with Crippen molar-refractivity contribution in [2.24, 2.45) is 0 Å². The van der Waals surface area contributed by atoms with Crippen LogP contribution >= 0.6 is 0 Å². The third kappa shape index (κ3) is 3.30. The van der Waals surface area contributed by atoms with Gasteiger partial charge in [-0.15, -0.1) is 0 Å². The Labute approximate surface area is 91.5 Å². The fraction of sp³-hybridized carbons (Fsp3) is 0. The van der Waals surface area contributed by atoms with Crippen LogP contribution in [0.1, 0.15) is 5.56 Å². The molecule has 0 heterocycles. The molecule has 0 spiro atoms. The molecule has 0 aliphatic heterocycles. The van der Waals surface area contributed by atoms with E-state index in [9.17, 15) is 13.0 Å². The zero-order valence-corrected chi connectivity index (χ0v) is 8.49. The molecule has 0 amide bonds. The summed E-state index contributed by atoms with van der Waals surface area (Å²) < 4.78 is 31.2. The van der Waals surface area contributed by atoms with E-state index in [-0.39, 0.29) is 27.3 Å². The second kappa shape index (κ2) is 4.56. The van der Waals surface area contributed by atoms with Crippen molar-refractivity contribution in [3.8, 4) is 6.07 Å². The molecule has 6 heteroatoms. The molecule has 1 aromatic carbocycles. The van der Waals surface area contributed by atoms with Crippen LogP contribution in [0.4, 0.5) is 0 Å². The molecule has 0 aromatic heterocycles. The smallest absolute Gasteiger partial charge is 0.744 e. The van der Waals surface area contributed by atoms with Crippen molar-refractivity contribution < 1.29 is 35.4 Å². The molecule has 0 atom stereocenters. The molecule has 0 fully saturated rings. The van der Waals surface area contributed by atoms with Crippen molar-refractivity contribution in [3.05, 3.63) is 29.8 Å². The fourth-order valence-electron chi connectivity index (χ4n) is 0.696. The van der Waals surface area contributed by atoms with Gasteiger partial charge >= 0.3 is 22.4 Å². The van der Waals surface area contributed by atoms with Crippen LogP contribution in [0.25, 0.3) is 0 Å². The molecule has 0 unspecified atom stereocenters. The van der Waals surface area contributed by atoms with Crippen LogP contribution in [0.2, 0.25) is 0 Å². The van der Waals surface area contributed by atoms with E-state index in [1.807, 2.05) is 6.07 Å². The van der Waals surface area contributed by atoms with Crippen LogP contribution in [0.15, 0.2) is 29.2 Å². The van der Waals surface area contributed by atoms with Gasteiger partial charge in [-0.1, -0.05) is 0 Å². The van der Waals surface area contributed by atoms with Crippen molar-refractivity contribution in [1.82, 2.24) is 0 Å². The Kier molecular flexibility index (Phi) is 4.33. The van der Waals surface area contributed by atoms with Gasteiger partial charge < -0.3 is 4.55 Å². The monoisotopic (exact) mass is 289 g/mol. The quantitative estimate of drug-likeness (QED) is 0.556. The standard InChI is InChI=1S/C7H5NO3S.Ag/c8-5-6-1-3-7(4-2-6)12(9,10)11;/h1-4H,(H,9,10,11);/q;+1/p-1. The molecule has 0 aliphatic carbocycles. The summed E-state index contributed by atoms with van der Waals surface area (Å²) in [7, 11) is -4.39. The van der Waals surface area contributed by atoms with Gasteiger partial charge in [-0.3, -0.25) is 0 Å². The summed E-state index contributed by atoms with van der Waals surface area (Å²) in [5, 5.41) is 8.35. The molecule has 4 nitrogen and oxygen atoms in total. The van der Waals surface area contributed by atoms with E-state index in [1.54, 1.807) is 0 Å². The molecular formula is C7H4AgNO3S. The Balaban J connectivity index is 0.00000144. The van der Waals surface area contributed by atoms with Crippen LogP contribution < -0.4 is 0 Å². The van der Waals surface area contributed by atoms with E-state index in [0.717, 1.165) is 12.1 Å². The molecule has 0 N–H and O–H groups in total. The first-order valence-electron chi connectivity index (χ1n) is 3.00. The third-order valence-electron chi connectivity index (χ3n) is 1.27. The first-order valence-corrected chi connectivity index (χ1v) is 4.41. The van der Waals surface area contributed by atoms with Crippen molar-refractivity contribution >= 4 is 10.1 Å². The number of benzene rings is 1. The summed E-state index contributed by atoms with van der Waals surface area (Å²) >= 11 is 0. The van der Waals surface area contributed by atoms with Gasteiger partial charge in [0.1, 0.15) is 10.1 Å². The van der Waals surface area contributed by atoms with Crippen molar-refractivity contribution in [3.63, 3.8) is 0 Å². The van der Waals surface area contributed by atoms with Gasteiger partial charge in [0.25, 0.3) is 0 Å². The van der Waals surface area contributed by atoms with Gasteiger partial charge in [0, 0.05) is 0 Å². The number of rotatable bonds is 1. The number of hydrogen-bond acceptors (Lipinski definition) is 4. The van der Waals surface area contributed by atoms with Crippen molar-refractivity contribution in [2.45, 2.75) is 4.90 Å². The molecule has 72 valence electrons. The minimum Gasteiger partial charge on any atom is -0.744 e. The second-order valence-electron chi connectivity index (χ2n) is 2.09. The van der Waals surface area contributed by atoms with Crippen LogP contribution in [-0.4, -0.2) is 13.0 Å². The van der Waals surface area contributed by atoms with Gasteiger partial charge in [-0.25, -0.2) is 8.42 Å². The minimum atomic E-state index is -4.39. The van der Waals surface area contributed by atoms with E-state index in [0.29, 0.717) is 5.56 Å². The van der Waals surface area contributed by atoms with E-state index in [2.05, 4.69) is 0 Å². The molecule has 1 rings (SSSR count). The SMILES string of the molecule is N#Cc1ccc(S(=O)(=O)[O-])cc1.[Ag+]. The zero-order chi connectivity index (χ0) is 9.19. The molecular weight excluding hydrogens is 286 g/mol. The summed E-state index contributed by atoms with van der Waals surface area (Å²) in [5.41, 5.74) is 0.322. The largest absolute Gasteiger partial charge is 1.00 e. The van der Waals surface area contributed by atoms with Crippen LogP contribution in [0.5, 0.6) is 0 Å². The van der Waals surface area contributed by atoms with Gasteiger partial charge in [-0.05, 0) is 24.3 Å². The fourth-order valence-corrected chi connectivity index (χ4v) is 1.17. The number of nitriles is 1. The Morgan fingerprint density at radius 2 is 1.69 bits per heavy atom. The average molecular weight is 290 g/mol. The topological polar surface area (TPSA) is 81.0 Å². The van der Waals surface area contributed by atoms with Crippen LogP contribution in [0, 0.1) is 11.3 Å². The minimum absolute atomic E-state index is 0. The number of hydrogen-bond donors (Lipinski definition) is 0. The second-order valence-corrected chi connectivity index (χ2v) is 3.47. The van der Waals surface area contributed by atoms with Crippen molar-refractivity contribution in [2.75, 3.05) is 0 Å². The Morgan fingerprint density at radius 1 is 1.23 bits per heavy atom. The van der Waals surface area contributed by atoms with E-state index in [4.69, 9.17) is 5.26 Å². The van der Waals surface area contributed by atoms with E-state index >= 15 is 0 Å². The molecule has 13 heavy (non-hydrogen) atoms. The Hall–Kier alpha value is -0.640. The number of nitrogens with zero attached hydrogens (tertiary/aromatic N) is 1. The normalized spacial score (nSPS) is 9.85. The third-order valence-corrected chi connectivity index (χ3v) is 2.12. The molecule has 1 aromatic rings. The average Bonchev–Trinajstić information content (AvgIpc) is 2.03. The maximum absolute atomic E-state index is 10.4. The Bertz CT molecular complexity index is 418. The summed E-state index contributed by atoms with van der Waals surface area (Å²) in [4.78, 5) is -0.318. The molecule has 0 bridgehead atoms. The predicted octanol–water partition coefficient (Wildman–Crippen LogP) is 0.460. The van der Waals surface area contributed by atoms with Crippen LogP contribution in [-0.2, 0) is 32.5 Å². The summed E-state index contributed by atoms with van der Waals surface area (Å²) in [6, 6.07) is 6.60. The maximum Gasteiger partial charge on any atom is 1.00 e. The van der Waals surface area contributed by atoms with Gasteiger partial charge in [-0.2, -0.15) is 5.26 Å². The van der Waals surface area contributed by atoms with Gasteiger partial charge in [0.2, 0.25) is 0 Å². The summed E-state index contributed by atoms with van der Waals surface area (Å²) in [5.74, 6) is 0. The van der Waals surface area contributed by atoms with E-state index < -0.39 is 10.1 Å². The summed E-state index contributed by atoms with van der Waals surface area (Å²) in [6.45, 7) is 0. The summed E-state index contributed by atoms with van der Waals surface area (Å²) in [6.07, 6.45) is 0. The zero-order valence-electron chi connectivity index (χ0n) is 6.19. The van der Waals surface area contributed by atoms with Gasteiger partial charge in [0.15, 0.2) is 0 Å². The van der Waals surface area contributed by atoms with Crippen molar-refractivity contribution in [1.29, 1.82) is 5.26 Å². The van der Waals surface area contributed by atoms with E-state index in [1.165, 1.54) is 12.1 Å². The van der Waals surface area contributed by atoms with Gasteiger partial charge in [0.05, 0.1) is 16.5 Å². The maximum atomic E-state index is 10.4. The first-order chi connectivity index (χ1) is 5.54. The van der Waals surface area contributed by atoms with Crippen LogP contribution in [0.3, 0.4) is 0 Å². The predicted molar refractivity (Wildman–Crippen MR) is 39.1 cm³/mol. The molecule has 0 saturated heterocycles. The first kappa shape index (κ1) is 12.4. The molecule has 0 aliphatic rings. The Morgan fingerprint density at radius 3 is 2.00 bits per heavy atom. The molecule has 0 radical (unpaired) electrons. The molecule has 0 saturated carbocycles.